The number of pyridine rings is 4. The lowest BCUT2D eigenvalue weighted by atomic mass is 10.2. The van der Waals surface area contributed by atoms with Crippen molar-refractivity contribution in [1.82, 2.24) is 19.9 Å². The van der Waals surface area contributed by atoms with E-state index in [1.165, 1.54) is 20.3 Å². The van der Waals surface area contributed by atoms with Crippen molar-refractivity contribution in [3.8, 4) is 11.8 Å². The number of fused-ring (bicyclic) bond motifs is 2. The second kappa shape index (κ2) is 8.87. The van der Waals surface area contributed by atoms with Gasteiger partial charge in [-0.1, -0.05) is 12.7 Å². The Hall–Kier alpha value is -3.20. The van der Waals surface area contributed by atoms with E-state index in [1.54, 1.807) is 24.3 Å². The molecule has 0 saturated heterocycles. The molecule has 4 rings (SSSR count). The minimum atomic E-state index is -0.432. The van der Waals surface area contributed by atoms with Gasteiger partial charge in [-0.3, -0.25) is 9.97 Å². The van der Waals surface area contributed by atoms with Crippen molar-refractivity contribution in [3.63, 3.8) is 0 Å². The average Bonchev–Trinajstić information content (AvgIpc) is 2.76. The molecule has 0 bridgehead atoms. The zero-order valence-electron chi connectivity index (χ0n) is 15.5. The first kappa shape index (κ1) is 20.5. The summed E-state index contributed by atoms with van der Waals surface area (Å²) < 4.78 is 36.6. The molecule has 29 heavy (non-hydrogen) atoms. The Kier molecular flexibility index (Phi) is 6.28. The molecule has 0 unspecified atom stereocenters. The maximum absolute atomic E-state index is 13.3. The Morgan fingerprint density at radius 1 is 0.862 bits per heavy atom. The molecule has 0 saturated carbocycles. The van der Waals surface area contributed by atoms with Crippen LogP contribution >= 0.6 is 15.9 Å². The zero-order chi connectivity index (χ0) is 21.0. The number of nitrogens with zero attached hydrogens (tertiary/aromatic N) is 4. The largest absolute Gasteiger partial charge is 0.481 e. The van der Waals surface area contributed by atoms with Crippen molar-refractivity contribution in [2.45, 2.75) is 0 Å². The molecule has 0 N–H and O–H groups in total. The van der Waals surface area contributed by atoms with E-state index in [4.69, 9.17) is 9.47 Å². The minimum Gasteiger partial charge on any atom is -0.481 e. The van der Waals surface area contributed by atoms with Crippen LogP contribution in [0, 0.1) is 11.6 Å². The van der Waals surface area contributed by atoms with Crippen LogP contribution in [0.2, 0.25) is 0 Å². The first-order chi connectivity index (χ1) is 14.0. The molecule has 6 nitrogen and oxygen atoms in total. The third-order valence-electron chi connectivity index (χ3n) is 3.88. The molecule has 0 amide bonds. The van der Waals surface area contributed by atoms with Crippen LogP contribution < -0.4 is 9.47 Å². The molecule has 0 aliphatic carbocycles. The Morgan fingerprint density at radius 2 is 1.38 bits per heavy atom. The Bertz CT molecular complexity index is 1200. The average molecular weight is 461 g/mol. The molecule has 0 aliphatic heterocycles. The van der Waals surface area contributed by atoms with Gasteiger partial charge in [0.05, 0.1) is 42.1 Å². The Balaban J connectivity index is 0.000000166. The van der Waals surface area contributed by atoms with Crippen molar-refractivity contribution < 1.29 is 18.3 Å². The van der Waals surface area contributed by atoms with Crippen LogP contribution in [-0.2, 0) is 0 Å². The number of hydrogen-bond acceptors (Lipinski definition) is 6. The van der Waals surface area contributed by atoms with Crippen molar-refractivity contribution in [1.29, 1.82) is 0 Å². The number of aromatic nitrogens is 4. The second-order valence-corrected chi connectivity index (χ2v) is 6.38. The van der Waals surface area contributed by atoms with Gasteiger partial charge >= 0.3 is 0 Å². The van der Waals surface area contributed by atoms with E-state index in [0.29, 0.717) is 43.9 Å². The molecule has 0 fully saturated rings. The molecule has 4 aromatic rings. The predicted octanol–water partition coefficient (Wildman–Crippen LogP) is 4.96. The third-order valence-corrected chi connectivity index (χ3v) is 4.64. The zero-order valence-corrected chi connectivity index (χ0v) is 17.1. The SMILES string of the molecule is C=Cc1c(F)cnc2ccc(OC)nc12.COc1ccc2ncc(F)c(Br)c2n1. The first-order valence-electron chi connectivity index (χ1n) is 8.25. The molecule has 0 aromatic carbocycles. The molecule has 0 radical (unpaired) electrons. The lowest BCUT2D eigenvalue weighted by molar-refractivity contribution is 0.399. The fourth-order valence-electron chi connectivity index (χ4n) is 2.46. The van der Waals surface area contributed by atoms with Gasteiger partial charge in [0.1, 0.15) is 11.0 Å². The fourth-order valence-corrected chi connectivity index (χ4v) is 2.86. The number of ether oxygens (including phenoxy) is 2. The first-order valence-corrected chi connectivity index (χ1v) is 9.04. The van der Waals surface area contributed by atoms with Crippen LogP contribution in [-0.4, -0.2) is 34.2 Å². The van der Waals surface area contributed by atoms with Gasteiger partial charge in [0, 0.05) is 17.7 Å². The summed E-state index contributed by atoms with van der Waals surface area (Å²) in [4.78, 5) is 16.0. The van der Waals surface area contributed by atoms with Crippen LogP contribution in [0.3, 0.4) is 0 Å². The summed E-state index contributed by atoms with van der Waals surface area (Å²) in [7, 11) is 3.02. The van der Waals surface area contributed by atoms with Crippen LogP contribution in [0.4, 0.5) is 8.78 Å². The quantitative estimate of drug-likeness (QED) is 0.430. The fraction of sp³-hybridized carbons (Fsp3) is 0.100. The van der Waals surface area contributed by atoms with E-state index in [2.05, 4.69) is 42.4 Å². The van der Waals surface area contributed by atoms with Crippen LogP contribution in [0.25, 0.3) is 28.1 Å². The highest BCUT2D eigenvalue weighted by Gasteiger charge is 2.09. The van der Waals surface area contributed by atoms with Crippen molar-refractivity contribution in [3.05, 3.63) is 64.9 Å². The van der Waals surface area contributed by atoms with E-state index < -0.39 is 11.6 Å². The van der Waals surface area contributed by atoms with Gasteiger partial charge in [0.25, 0.3) is 0 Å². The van der Waals surface area contributed by atoms with Crippen LogP contribution in [0.15, 0.2) is 47.7 Å². The smallest absolute Gasteiger partial charge is 0.213 e. The van der Waals surface area contributed by atoms with Crippen molar-refractivity contribution in [2.24, 2.45) is 0 Å². The van der Waals surface area contributed by atoms with E-state index >= 15 is 0 Å². The summed E-state index contributed by atoms with van der Waals surface area (Å²) >= 11 is 3.11. The topological polar surface area (TPSA) is 70.0 Å². The molecular formula is C20H15BrF2N4O2. The number of rotatable bonds is 3. The Labute approximate surface area is 173 Å². The lowest BCUT2D eigenvalue weighted by Gasteiger charge is -2.04. The van der Waals surface area contributed by atoms with Gasteiger partial charge < -0.3 is 9.47 Å². The number of halogens is 3. The van der Waals surface area contributed by atoms with Crippen LogP contribution in [0.1, 0.15) is 5.56 Å². The molecule has 9 heteroatoms. The highest BCUT2D eigenvalue weighted by molar-refractivity contribution is 9.10. The lowest BCUT2D eigenvalue weighted by Crippen LogP contribution is -1.94. The van der Waals surface area contributed by atoms with E-state index in [-0.39, 0.29) is 0 Å². The Morgan fingerprint density at radius 3 is 1.93 bits per heavy atom. The molecule has 4 aromatic heterocycles. The highest BCUT2D eigenvalue weighted by Crippen LogP contribution is 2.25. The molecule has 148 valence electrons. The highest BCUT2D eigenvalue weighted by atomic mass is 79.9. The summed E-state index contributed by atoms with van der Waals surface area (Å²) in [6.07, 6.45) is 3.74. The summed E-state index contributed by atoms with van der Waals surface area (Å²) in [5.74, 6) is 0.0000983. The monoisotopic (exact) mass is 460 g/mol. The van der Waals surface area contributed by atoms with Gasteiger partial charge in [0.2, 0.25) is 11.8 Å². The van der Waals surface area contributed by atoms with Gasteiger partial charge in [-0.05, 0) is 28.1 Å². The van der Waals surface area contributed by atoms with E-state index in [9.17, 15) is 8.78 Å². The standard InChI is InChI=1S/C11H9FN2O.C9H6BrFN2O/c1-3-7-8(12)6-13-9-4-5-10(15-2)14-11(7)9;1-14-7-3-2-6-9(13-7)8(10)5(11)4-12-6/h3-6H,1H2,2H3;2-4H,1H3. The maximum atomic E-state index is 13.3. The molecule has 0 spiro atoms. The molecular weight excluding hydrogens is 446 g/mol. The molecule has 0 atom stereocenters. The number of methoxy groups -OCH3 is 2. The van der Waals surface area contributed by atoms with Gasteiger partial charge in [-0.25, -0.2) is 18.7 Å². The summed E-state index contributed by atoms with van der Waals surface area (Å²) in [6, 6.07) is 6.82. The number of hydrogen-bond donors (Lipinski definition) is 0. The second-order valence-electron chi connectivity index (χ2n) is 5.59. The molecule has 0 aliphatic rings. The van der Waals surface area contributed by atoms with Gasteiger partial charge in [-0.2, -0.15) is 0 Å². The van der Waals surface area contributed by atoms with Crippen LogP contribution in [0.5, 0.6) is 11.8 Å². The summed E-state index contributed by atoms with van der Waals surface area (Å²) in [6.45, 7) is 3.55. The minimum absolute atomic E-state index is 0.307. The van der Waals surface area contributed by atoms with E-state index in [0.717, 1.165) is 12.4 Å². The molecule has 4 heterocycles. The summed E-state index contributed by atoms with van der Waals surface area (Å²) in [5.41, 5.74) is 2.51. The van der Waals surface area contributed by atoms with Crippen molar-refractivity contribution >= 4 is 44.1 Å². The summed E-state index contributed by atoms with van der Waals surface area (Å²) in [5, 5.41) is 0. The normalized spacial score (nSPS) is 10.4. The maximum Gasteiger partial charge on any atom is 0.213 e. The van der Waals surface area contributed by atoms with Gasteiger partial charge in [-0.15, -0.1) is 0 Å². The van der Waals surface area contributed by atoms with E-state index in [1.807, 2.05) is 0 Å². The van der Waals surface area contributed by atoms with Gasteiger partial charge in [0.15, 0.2) is 11.6 Å². The van der Waals surface area contributed by atoms with Crippen molar-refractivity contribution in [2.75, 3.05) is 14.2 Å². The third kappa shape index (κ3) is 4.29. The predicted molar refractivity (Wildman–Crippen MR) is 110 cm³/mol.